The molecular weight excluding hydrogens is 372 g/mol. The Morgan fingerprint density at radius 2 is 1.77 bits per heavy atom. The van der Waals surface area contributed by atoms with Crippen LogP contribution < -0.4 is 10.2 Å². The van der Waals surface area contributed by atoms with Crippen molar-refractivity contribution in [2.45, 2.75) is 33.6 Å². The number of carbonyl (C=O) groups excluding carboxylic acids is 1. The molecular formula is C25H28N4O. The first-order chi connectivity index (χ1) is 14.5. The molecule has 30 heavy (non-hydrogen) atoms. The number of hydrogen-bond acceptors (Lipinski definition) is 4. The van der Waals surface area contributed by atoms with Gasteiger partial charge in [-0.3, -0.25) is 4.79 Å². The smallest absolute Gasteiger partial charge is 0.227 e. The third-order valence-electron chi connectivity index (χ3n) is 5.75. The summed E-state index contributed by atoms with van der Waals surface area (Å²) >= 11 is 0. The number of benzene rings is 2. The van der Waals surface area contributed by atoms with Crippen molar-refractivity contribution < 1.29 is 4.79 Å². The maximum absolute atomic E-state index is 12.8. The fourth-order valence-electron chi connectivity index (χ4n) is 4.01. The number of anilines is 2. The lowest BCUT2D eigenvalue weighted by atomic mass is 9.95. The number of piperidine rings is 1. The number of rotatable bonds is 4. The highest BCUT2D eigenvalue weighted by Crippen LogP contribution is 2.26. The van der Waals surface area contributed by atoms with Crippen LogP contribution in [-0.2, 0) is 4.79 Å². The van der Waals surface area contributed by atoms with E-state index in [4.69, 9.17) is 4.98 Å². The quantitative estimate of drug-likeness (QED) is 0.675. The average Bonchev–Trinajstić information content (AvgIpc) is 2.76. The standard InChI is InChI=1S/C25H28N4O/c1-17-5-4-6-21(16-17)24-26-12-9-23(28-24)29-13-10-20(11-14-29)25(30)27-22-8-7-18(2)15-19(22)3/h4-9,12,15-16,20H,10-11,13-14H2,1-3H3,(H,27,30). The van der Waals surface area contributed by atoms with Crippen LogP contribution in [0.3, 0.4) is 0 Å². The Hall–Kier alpha value is -3.21. The highest BCUT2D eigenvalue weighted by atomic mass is 16.1. The minimum Gasteiger partial charge on any atom is -0.356 e. The number of carbonyl (C=O) groups is 1. The van der Waals surface area contributed by atoms with Crippen LogP contribution in [0.25, 0.3) is 11.4 Å². The van der Waals surface area contributed by atoms with Crippen LogP contribution in [0.5, 0.6) is 0 Å². The summed E-state index contributed by atoms with van der Waals surface area (Å²) in [7, 11) is 0. The second-order valence-electron chi connectivity index (χ2n) is 8.18. The summed E-state index contributed by atoms with van der Waals surface area (Å²) in [6, 6.07) is 16.3. The molecule has 1 aromatic heterocycles. The normalized spacial score (nSPS) is 14.6. The van der Waals surface area contributed by atoms with Gasteiger partial charge in [0.05, 0.1) is 0 Å². The molecule has 0 bridgehead atoms. The first kappa shape index (κ1) is 20.1. The van der Waals surface area contributed by atoms with Gasteiger partial charge in [0.15, 0.2) is 5.82 Å². The van der Waals surface area contributed by atoms with E-state index in [-0.39, 0.29) is 11.8 Å². The van der Waals surface area contributed by atoms with Crippen molar-refractivity contribution in [3.63, 3.8) is 0 Å². The molecule has 1 fully saturated rings. The molecule has 0 spiro atoms. The van der Waals surface area contributed by atoms with Gasteiger partial charge >= 0.3 is 0 Å². The Morgan fingerprint density at radius 3 is 2.50 bits per heavy atom. The third-order valence-corrected chi connectivity index (χ3v) is 5.75. The molecule has 0 unspecified atom stereocenters. The molecule has 2 heterocycles. The number of amides is 1. The third kappa shape index (κ3) is 4.51. The summed E-state index contributed by atoms with van der Waals surface area (Å²) in [5.41, 5.74) is 5.43. The maximum atomic E-state index is 12.8. The predicted molar refractivity (Wildman–Crippen MR) is 122 cm³/mol. The molecule has 5 nitrogen and oxygen atoms in total. The zero-order chi connectivity index (χ0) is 21.1. The topological polar surface area (TPSA) is 58.1 Å². The van der Waals surface area contributed by atoms with Crippen molar-refractivity contribution in [2.24, 2.45) is 5.92 Å². The zero-order valence-electron chi connectivity index (χ0n) is 17.9. The molecule has 4 rings (SSSR count). The molecule has 5 heteroatoms. The van der Waals surface area contributed by atoms with Gasteiger partial charge < -0.3 is 10.2 Å². The van der Waals surface area contributed by atoms with E-state index in [1.165, 1.54) is 11.1 Å². The van der Waals surface area contributed by atoms with Gasteiger partial charge in [-0.1, -0.05) is 41.5 Å². The number of nitrogens with zero attached hydrogens (tertiary/aromatic N) is 3. The number of aromatic nitrogens is 2. The lowest BCUT2D eigenvalue weighted by Crippen LogP contribution is -2.38. The minimum absolute atomic E-state index is 0.0278. The van der Waals surface area contributed by atoms with Crippen molar-refractivity contribution >= 4 is 17.4 Å². The largest absolute Gasteiger partial charge is 0.356 e. The van der Waals surface area contributed by atoms with E-state index < -0.39 is 0 Å². The van der Waals surface area contributed by atoms with Crippen molar-refractivity contribution in [3.8, 4) is 11.4 Å². The van der Waals surface area contributed by atoms with Crippen LogP contribution in [0.4, 0.5) is 11.5 Å². The van der Waals surface area contributed by atoms with E-state index in [1.54, 1.807) is 0 Å². The first-order valence-corrected chi connectivity index (χ1v) is 10.5. The van der Waals surface area contributed by atoms with E-state index in [9.17, 15) is 4.79 Å². The van der Waals surface area contributed by atoms with Gasteiger partial charge in [0.2, 0.25) is 5.91 Å². The molecule has 154 valence electrons. The second-order valence-corrected chi connectivity index (χ2v) is 8.18. The summed E-state index contributed by atoms with van der Waals surface area (Å²) in [6.45, 7) is 7.80. The maximum Gasteiger partial charge on any atom is 0.227 e. The second kappa shape index (κ2) is 8.66. The Bertz CT molecular complexity index is 1050. The van der Waals surface area contributed by atoms with Crippen LogP contribution >= 0.6 is 0 Å². The zero-order valence-corrected chi connectivity index (χ0v) is 17.9. The van der Waals surface area contributed by atoms with Gasteiger partial charge in [-0.25, -0.2) is 9.97 Å². The fraction of sp³-hybridized carbons (Fsp3) is 0.320. The summed E-state index contributed by atoms with van der Waals surface area (Å²) in [6.07, 6.45) is 3.46. The Balaban J connectivity index is 1.40. The molecule has 0 saturated carbocycles. The monoisotopic (exact) mass is 400 g/mol. The molecule has 3 aromatic rings. The molecule has 1 saturated heterocycles. The molecule has 1 N–H and O–H groups in total. The average molecular weight is 401 g/mol. The van der Waals surface area contributed by atoms with Crippen LogP contribution in [0.15, 0.2) is 54.7 Å². The molecule has 1 aliphatic heterocycles. The molecule has 0 radical (unpaired) electrons. The van der Waals surface area contributed by atoms with Crippen LogP contribution in [0.1, 0.15) is 29.5 Å². The van der Waals surface area contributed by atoms with Gasteiger partial charge in [0.25, 0.3) is 0 Å². The Morgan fingerprint density at radius 1 is 1.00 bits per heavy atom. The van der Waals surface area contributed by atoms with Gasteiger partial charge in [0.1, 0.15) is 5.82 Å². The number of nitrogens with one attached hydrogen (secondary N) is 1. The Labute approximate surface area is 178 Å². The predicted octanol–water partition coefficient (Wildman–Crippen LogP) is 4.92. The molecule has 0 atom stereocenters. The SMILES string of the molecule is Cc1cccc(-c2nccc(N3CCC(C(=O)Nc4ccc(C)cc4C)CC3)n2)c1. The highest BCUT2D eigenvalue weighted by Gasteiger charge is 2.26. The lowest BCUT2D eigenvalue weighted by Gasteiger charge is -2.32. The van der Waals surface area contributed by atoms with Crippen LogP contribution in [0, 0.1) is 26.7 Å². The van der Waals surface area contributed by atoms with Gasteiger partial charge in [0, 0.05) is 36.5 Å². The van der Waals surface area contributed by atoms with Gasteiger partial charge in [-0.2, -0.15) is 0 Å². The van der Waals surface area contributed by atoms with E-state index >= 15 is 0 Å². The minimum atomic E-state index is 0.0278. The van der Waals surface area contributed by atoms with E-state index in [1.807, 2.05) is 43.5 Å². The van der Waals surface area contributed by atoms with Crippen LogP contribution in [0.2, 0.25) is 0 Å². The fourth-order valence-corrected chi connectivity index (χ4v) is 4.01. The van der Waals surface area contributed by atoms with E-state index in [0.717, 1.165) is 54.4 Å². The van der Waals surface area contributed by atoms with Gasteiger partial charge in [-0.05, 0) is 57.4 Å². The molecule has 1 aliphatic rings. The van der Waals surface area contributed by atoms with Crippen molar-refractivity contribution in [1.29, 1.82) is 0 Å². The van der Waals surface area contributed by atoms with E-state index in [2.05, 4.69) is 47.2 Å². The Kier molecular flexibility index (Phi) is 5.79. The lowest BCUT2D eigenvalue weighted by molar-refractivity contribution is -0.120. The summed E-state index contributed by atoms with van der Waals surface area (Å²) in [5, 5.41) is 3.11. The summed E-state index contributed by atoms with van der Waals surface area (Å²) in [5.74, 6) is 1.81. The van der Waals surface area contributed by atoms with E-state index in [0.29, 0.717) is 0 Å². The molecule has 0 aliphatic carbocycles. The van der Waals surface area contributed by atoms with Crippen molar-refractivity contribution in [2.75, 3.05) is 23.3 Å². The first-order valence-electron chi connectivity index (χ1n) is 10.5. The number of aryl methyl sites for hydroxylation is 3. The van der Waals surface area contributed by atoms with Gasteiger partial charge in [-0.15, -0.1) is 0 Å². The van der Waals surface area contributed by atoms with Crippen molar-refractivity contribution in [1.82, 2.24) is 9.97 Å². The summed E-state index contributed by atoms with van der Waals surface area (Å²) in [4.78, 5) is 24.2. The molecule has 1 amide bonds. The highest BCUT2D eigenvalue weighted by molar-refractivity contribution is 5.93. The van der Waals surface area contributed by atoms with Crippen LogP contribution in [-0.4, -0.2) is 29.0 Å². The van der Waals surface area contributed by atoms with Crippen molar-refractivity contribution in [3.05, 3.63) is 71.4 Å². The summed E-state index contributed by atoms with van der Waals surface area (Å²) < 4.78 is 0. The molecule has 2 aromatic carbocycles. The number of hydrogen-bond donors (Lipinski definition) is 1.